The number of hydrogen-bond acceptors (Lipinski definition) is 4. The number of hydrogen-bond donors (Lipinski definition) is 0. The first-order chi connectivity index (χ1) is 9.30. The summed E-state index contributed by atoms with van der Waals surface area (Å²) in [6.45, 7) is 5.68. The average Bonchev–Trinajstić information content (AvgIpc) is 3.14. The van der Waals surface area contributed by atoms with Gasteiger partial charge in [-0.2, -0.15) is 4.31 Å². The summed E-state index contributed by atoms with van der Waals surface area (Å²) in [6, 6.07) is 5.59. The highest BCUT2D eigenvalue weighted by Crippen LogP contribution is 2.40. The van der Waals surface area contributed by atoms with Crippen molar-refractivity contribution in [2.24, 2.45) is 5.92 Å². The van der Waals surface area contributed by atoms with Crippen LogP contribution in [0.15, 0.2) is 29.2 Å². The van der Waals surface area contributed by atoms with Crippen LogP contribution in [0.2, 0.25) is 0 Å². The second-order valence-corrected chi connectivity index (χ2v) is 7.19. The zero-order valence-corrected chi connectivity index (χ0v) is 12.8. The highest BCUT2D eigenvalue weighted by Gasteiger charge is 2.61. The fourth-order valence-electron chi connectivity index (χ4n) is 2.39. The van der Waals surface area contributed by atoms with Gasteiger partial charge < -0.3 is 4.74 Å². The van der Waals surface area contributed by atoms with E-state index in [-0.39, 0.29) is 16.9 Å². The van der Waals surface area contributed by atoms with E-state index in [1.807, 2.05) is 20.8 Å². The number of rotatable bonds is 4. The molecule has 0 amide bonds. The number of aryl methyl sites for hydroxylation is 1. The van der Waals surface area contributed by atoms with Gasteiger partial charge in [-0.3, -0.25) is 4.79 Å². The molecule has 1 aromatic carbocycles. The Kier molecular flexibility index (Phi) is 3.88. The lowest BCUT2D eigenvalue weighted by molar-refractivity contribution is -0.140. The fraction of sp³-hybridized carbons (Fsp3) is 0.500. The zero-order chi connectivity index (χ0) is 15.1. The number of ether oxygens (including phenoxy) is 1. The maximum absolute atomic E-state index is 12.6. The number of nitrogens with zero attached hydrogens (tertiary/aromatic N) is 1. The van der Waals surface area contributed by atoms with Gasteiger partial charge in [0.15, 0.2) is 0 Å². The van der Waals surface area contributed by atoms with Crippen molar-refractivity contribution in [3.05, 3.63) is 29.8 Å². The Balaban J connectivity index is 2.34. The first-order valence-corrected chi connectivity index (χ1v) is 7.92. The first kappa shape index (κ1) is 15.0. The van der Waals surface area contributed by atoms with Gasteiger partial charge in [0.05, 0.1) is 18.0 Å². The number of esters is 1. The summed E-state index contributed by atoms with van der Waals surface area (Å²) in [4.78, 5) is 11.9. The summed E-state index contributed by atoms with van der Waals surface area (Å²) in [5, 5.41) is 0. The zero-order valence-electron chi connectivity index (χ0n) is 12.0. The molecule has 0 radical (unpaired) electrons. The van der Waals surface area contributed by atoms with Crippen molar-refractivity contribution in [2.45, 2.75) is 37.8 Å². The van der Waals surface area contributed by atoms with Crippen LogP contribution in [0.1, 0.15) is 19.4 Å². The molecule has 1 aliphatic rings. The molecule has 0 spiro atoms. The van der Waals surface area contributed by atoms with Crippen molar-refractivity contribution >= 4 is 16.0 Å². The van der Waals surface area contributed by atoms with Gasteiger partial charge in [-0.25, -0.2) is 8.42 Å². The Hall–Kier alpha value is -1.40. The van der Waals surface area contributed by atoms with Crippen molar-refractivity contribution < 1.29 is 17.9 Å². The second-order valence-electron chi connectivity index (χ2n) is 5.35. The second kappa shape index (κ2) is 5.18. The minimum atomic E-state index is -3.65. The molecule has 2 rings (SSSR count). The Bertz CT molecular complexity index is 607. The minimum Gasteiger partial charge on any atom is -0.468 e. The van der Waals surface area contributed by atoms with E-state index in [0.29, 0.717) is 0 Å². The number of carbonyl (C=O) groups excluding carboxylic acids is 1. The normalized spacial score (nSPS) is 25.6. The first-order valence-electron chi connectivity index (χ1n) is 6.48. The van der Waals surface area contributed by atoms with Crippen LogP contribution in [-0.4, -0.2) is 37.9 Å². The third-order valence-corrected chi connectivity index (χ3v) is 5.42. The molecule has 20 heavy (non-hydrogen) atoms. The molecule has 3 atom stereocenters. The third-order valence-electron chi connectivity index (χ3n) is 3.52. The largest absolute Gasteiger partial charge is 0.468 e. The van der Waals surface area contributed by atoms with E-state index >= 15 is 0 Å². The summed E-state index contributed by atoms with van der Waals surface area (Å²) < 4.78 is 31.1. The Morgan fingerprint density at radius 1 is 1.25 bits per heavy atom. The van der Waals surface area contributed by atoms with Crippen molar-refractivity contribution in [3.8, 4) is 0 Å². The van der Waals surface area contributed by atoms with Crippen LogP contribution in [0.4, 0.5) is 0 Å². The van der Waals surface area contributed by atoms with Gasteiger partial charge in [-0.15, -0.1) is 0 Å². The summed E-state index contributed by atoms with van der Waals surface area (Å²) in [5.74, 6) is -0.446. The van der Waals surface area contributed by atoms with E-state index in [4.69, 9.17) is 0 Å². The van der Waals surface area contributed by atoms with Crippen molar-refractivity contribution in [3.63, 3.8) is 0 Å². The Morgan fingerprint density at radius 3 is 2.25 bits per heavy atom. The number of methoxy groups -OCH3 is 1. The van der Waals surface area contributed by atoms with Gasteiger partial charge in [0.1, 0.15) is 6.04 Å². The summed E-state index contributed by atoms with van der Waals surface area (Å²) in [6.07, 6.45) is 0. The van der Waals surface area contributed by atoms with E-state index < -0.39 is 22.0 Å². The molecular weight excluding hydrogens is 278 g/mol. The van der Waals surface area contributed by atoms with Crippen molar-refractivity contribution in [1.29, 1.82) is 0 Å². The summed E-state index contributed by atoms with van der Waals surface area (Å²) in [5.41, 5.74) is 0.986. The van der Waals surface area contributed by atoms with Crippen LogP contribution in [0.25, 0.3) is 0 Å². The lowest BCUT2D eigenvalue weighted by atomic mass is 10.1. The topological polar surface area (TPSA) is 63.5 Å². The summed E-state index contributed by atoms with van der Waals surface area (Å²) in [7, 11) is -2.38. The number of benzene rings is 1. The molecule has 1 aromatic rings. The third kappa shape index (κ3) is 2.45. The van der Waals surface area contributed by atoms with Gasteiger partial charge in [0, 0.05) is 0 Å². The molecular formula is C14H19NO4S. The SMILES string of the molecule is COC(=O)C1C(C(C)C)N1S(=O)(=O)c1ccc(C)cc1. The molecule has 3 unspecified atom stereocenters. The van der Waals surface area contributed by atoms with Crippen molar-refractivity contribution in [1.82, 2.24) is 4.31 Å². The van der Waals surface area contributed by atoms with Gasteiger partial charge in [0.25, 0.3) is 0 Å². The highest BCUT2D eigenvalue weighted by atomic mass is 32.2. The van der Waals surface area contributed by atoms with E-state index in [1.54, 1.807) is 24.3 Å². The monoisotopic (exact) mass is 297 g/mol. The predicted molar refractivity (Wildman–Crippen MR) is 74.6 cm³/mol. The lowest BCUT2D eigenvalue weighted by Crippen LogP contribution is -2.20. The summed E-state index contributed by atoms with van der Waals surface area (Å²) >= 11 is 0. The average molecular weight is 297 g/mol. The van der Waals surface area contributed by atoms with E-state index in [0.717, 1.165) is 5.56 Å². The molecule has 5 nitrogen and oxygen atoms in total. The van der Waals surface area contributed by atoms with Crippen LogP contribution in [0.5, 0.6) is 0 Å². The van der Waals surface area contributed by atoms with E-state index in [9.17, 15) is 13.2 Å². The molecule has 1 saturated heterocycles. The minimum absolute atomic E-state index is 0.0549. The molecule has 1 fully saturated rings. The number of sulfonamides is 1. The highest BCUT2D eigenvalue weighted by molar-refractivity contribution is 7.89. The van der Waals surface area contributed by atoms with E-state index in [2.05, 4.69) is 4.74 Å². The van der Waals surface area contributed by atoms with Crippen LogP contribution in [0.3, 0.4) is 0 Å². The molecule has 1 heterocycles. The molecule has 1 aliphatic heterocycles. The lowest BCUT2D eigenvalue weighted by Gasteiger charge is -2.08. The molecule has 0 saturated carbocycles. The Labute approximate surface area is 119 Å². The van der Waals surface area contributed by atoms with Crippen LogP contribution >= 0.6 is 0 Å². The van der Waals surface area contributed by atoms with Gasteiger partial charge in [-0.1, -0.05) is 31.5 Å². The number of carbonyl (C=O) groups is 1. The molecule has 0 aliphatic carbocycles. The predicted octanol–water partition coefficient (Wildman–Crippen LogP) is 1.57. The van der Waals surface area contributed by atoms with Gasteiger partial charge >= 0.3 is 5.97 Å². The quantitative estimate of drug-likeness (QED) is 0.625. The molecule has 0 N–H and O–H groups in total. The van der Waals surface area contributed by atoms with Crippen molar-refractivity contribution in [2.75, 3.05) is 7.11 Å². The maximum atomic E-state index is 12.6. The smallest absolute Gasteiger partial charge is 0.325 e. The van der Waals surface area contributed by atoms with Crippen LogP contribution in [0, 0.1) is 12.8 Å². The van der Waals surface area contributed by atoms with Crippen LogP contribution < -0.4 is 0 Å². The molecule has 0 bridgehead atoms. The fourth-order valence-corrected chi connectivity index (χ4v) is 4.25. The molecule has 0 aromatic heterocycles. The van der Waals surface area contributed by atoms with E-state index in [1.165, 1.54) is 11.4 Å². The van der Waals surface area contributed by atoms with Gasteiger partial charge in [-0.05, 0) is 25.0 Å². The standard InChI is InChI=1S/C14H19NO4S/c1-9(2)12-13(14(16)19-4)15(12)20(17,18)11-7-5-10(3)6-8-11/h5-9,12-13H,1-4H3. The molecule has 110 valence electrons. The maximum Gasteiger partial charge on any atom is 0.325 e. The van der Waals surface area contributed by atoms with Gasteiger partial charge in [0.2, 0.25) is 10.0 Å². The molecule has 6 heteroatoms. The Morgan fingerprint density at radius 2 is 1.80 bits per heavy atom. The van der Waals surface area contributed by atoms with Crippen LogP contribution in [-0.2, 0) is 19.6 Å².